The molecule has 0 spiro atoms. The summed E-state index contributed by atoms with van der Waals surface area (Å²) in [5, 5.41) is 9.26. The number of hydrogen-bond acceptors (Lipinski definition) is 4. The number of thioether (sulfide) groups is 1. The van der Waals surface area contributed by atoms with Gasteiger partial charge in [-0.3, -0.25) is 0 Å². The number of carbonyl (C=O) groups excluding carboxylic acids is 1. The molecule has 0 saturated heterocycles. The molecule has 2 rings (SSSR count). The first-order valence-corrected chi connectivity index (χ1v) is 7.98. The van der Waals surface area contributed by atoms with Gasteiger partial charge in [0, 0.05) is 16.1 Å². The molecule has 0 saturated carbocycles. The van der Waals surface area contributed by atoms with Gasteiger partial charge in [-0.1, -0.05) is 5.16 Å². The van der Waals surface area contributed by atoms with Crippen LogP contribution in [0.15, 0.2) is 27.6 Å². The normalized spacial score (nSPS) is 12.0. The molecule has 5 nitrogen and oxygen atoms in total. The minimum absolute atomic E-state index is 0.262. The minimum atomic E-state index is -0.413. The summed E-state index contributed by atoms with van der Waals surface area (Å²) in [6.45, 7) is 5.45. The number of nitrogens with zero attached hydrogens (tertiary/aromatic N) is 1. The molecule has 0 aliphatic carbocycles. The molecule has 2 amide bonds. The van der Waals surface area contributed by atoms with Crippen LogP contribution in [0, 0.1) is 19.7 Å². The highest BCUT2D eigenvalue weighted by Gasteiger charge is 2.18. The average molecular weight is 323 g/mol. The second kappa shape index (κ2) is 6.83. The summed E-state index contributed by atoms with van der Waals surface area (Å²) < 4.78 is 18.8. The van der Waals surface area contributed by atoms with Crippen LogP contribution >= 0.6 is 11.8 Å². The van der Waals surface area contributed by atoms with Gasteiger partial charge in [-0.25, -0.2) is 9.18 Å². The minimum Gasteiger partial charge on any atom is -0.361 e. The lowest BCUT2D eigenvalue weighted by Gasteiger charge is -2.14. The van der Waals surface area contributed by atoms with Crippen molar-refractivity contribution >= 4 is 23.5 Å². The molecule has 22 heavy (non-hydrogen) atoms. The third-order valence-electron chi connectivity index (χ3n) is 3.28. The molecule has 0 bridgehead atoms. The quantitative estimate of drug-likeness (QED) is 0.834. The Labute approximate surface area is 132 Å². The number of benzene rings is 1. The highest BCUT2D eigenvalue weighted by Crippen LogP contribution is 2.23. The molecular weight excluding hydrogens is 305 g/mol. The Balaban J connectivity index is 2.02. The van der Waals surface area contributed by atoms with E-state index in [1.54, 1.807) is 25.3 Å². The lowest BCUT2D eigenvalue weighted by atomic mass is 10.1. The zero-order valence-electron chi connectivity index (χ0n) is 12.9. The Morgan fingerprint density at radius 3 is 2.68 bits per heavy atom. The van der Waals surface area contributed by atoms with Crippen LogP contribution < -0.4 is 10.6 Å². The van der Waals surface area contributed by atoms with Gasteiger partial charge in [-0.15, -0.1) is 11.8 Å². The summed E-state index contributed by atoms with van der Waals surface area (Å²) in [5.41, 5.74) is 1.98. The predicted molar refractivity (Wildman–Crippen MR) is 84.7 cm³/mol. The van der Waals surface area contributed by atoms with Crippen molar-refractivity contribution < 1.29 is 13.7 Å². The molecule has 7 heteroatoms. The number of amides is 2. The molecule has 1 aromatic heterocycles. The highest BCUT2D eigenvalue weighted by atomic mass is 32.2. The van der Waals surface area contributed by atoms with Crippen molar-refractivity contribution in [3.05, 3.63) is 41.0 Å². The monoisotopic (exact) mass is 323 g/mol. The van der Waals surface area contributed by atoms with E-state index in [0.717, 1.165) is 11.3 Å². The largest absolute Gasteiger partial charge is 0.361 e. The number of halogens is 1. The number of rotatable bonds is 4. The fourth-order valence-electron chi connectivity index (χ4n) is 2.29. The molecule has 118 valence electrons. The van der Waals surface area contributed by atoms with E-state index in [0.29, 0.717) is 16.3 Å². The van der Waals surface area contributed by atoms with Gasteiger partial charge in [0.05, 0.1) is 11.7 Å². The molecule has 1 heterocycles. The van der Waals surface area contributed by atoms with Crippen LogP contribution in [0.25, 0.3) is 0 Å². The van der Waals surface area contributed by atoms with Crippen LogP contribution in [0.5, 0.6) is 0 Å². The van der Waals surface area contributed by atoms with E-state index < -0.39 is 6.03 Å². The number of hydrogen-bond donors (Lipinski definition) is 2. The number of nitrogens with one attached hydrogen (secondary N) is 2. The predicted octanol–water partition coefficient (Wildman–Crippen LogP) is 4.04. The van der Waals surface area contributed by atoms with Gasteiger partial charge in [0.25, 0.3) is 0 Å². The Bertz CT molecular complexity index is 668. The molecule has 0 radical (unpaired) electrons. The molecule has 2 aromatic rings. The SMILES string of the molecule is CSc1ccc(NC(=O)N[C@@H](C)c2c(C)noc2C)cc1F. The number of anilines is 1. The molecule has 0 aliphatic rings. The first-order valence-electron chi connectivity index (χ1n) is 6.76. The zero-order chi connectivity index (χ0) is 16.3. The Hall–Kier alpha value is -2.02. The first-order chi connectivity index (χ1) is 10.4. The van der Waals surface area contributed by atoms with Crippen molar-refractivity contribution in [2.24, 2.45) is 0 Å². The molecule has 1 aromatic carbocycles. The fraction of sp³-hybridized carbons (Fsp3) is 0.333. The molecular formula is C15H18FN3O2S. The van der Waals surface area contributed by atoms with Gasteiger partial charge in [0.15, 0.2) is 0 Å². The van der Waals surface area contributed by atoms with Gasteiger partial charge >= 0.3 is 6.03 Å². The lowest BCUT2D eigenvalue weighted by molar-refractivity contribution is 0.249. The van der Waals surface area contributed by atoms with Crippen molar-refractivity contribution in [3.63, 3.8) is 0 Å². The molecule has 0 aliphatic heterocycles. The summed E-state index contributed by atoms with van der Waals surface area (Å²) in [6, 6.07) is 3.92. The van der Waals surface area contributed by atoms with Crippen LogP contribution in [0.1, 0.15) is 30.0 Å². The van der Waals surface area contributed by atoms with Crippen LogP contribution in [-0.2, 0) is 0 Å². The zero-order valence-corrected chi connectivity index (χ0v) is 13.7. The topological polar surface area (TPSA) is 67.2 Å². The van der Waals surface area contributed by atoms with Crippen LogP contribution in [0.4, 0.5) is 14.9 Å². The Morgan fingerprint density at radius 1 is 1.41 bits per heavy atom. The molecule has 2 N–H and O–H groups in total. The maximum atomic E-state index is 13.7. The van der Waals surface area contributed by atoms with Gasteiger partial charge in [0.1, 0.15) is 11.6 Å². The van der Waals surface area contributed by atoms with E-state index in [-0.39, 0.29) is 11.9 Å². The molecule has 0 fully saturated rings. The number of urea groups is 1. The Morgan fingerprint density at radius 2 is 2.14 bits per heavy atom. The number of aromatic nitrogens is 1. The third kappa shape index (κ3) is 3.59. The van der Waals surface area contributed by atoms with Crippen molar-refractivity contribution in [2.75, 3.05) is 11.6 Å². The third-order valence-corrected chi connectivity index (χ3v) is 4.05. The maximum Gasteiger partial charge on any atom is 0.319 e. The smallest absolute Gasteiger partial charge is 0.319 e. The summed E-state index contributed by atoms with van der Waals surface area (Å²) in [5.74, 6) is 0.310. The lowest BCUT2D eigenvalue weighted by Crippen LogP contribution is -2.31. The van der Waals surface area contributed by atoms with Gasteiger partial charge < -0.3 is 15.2 Å². The number of carbonyl (C=O) groups is 1. The van der Waals surface area contributed by atoms with Gasteiger partial charge in [-0.05, 0) is 45.2 Å². The summed E-state index contributed by atoms with van der Waals surface area (Å²) in [7, 11) is 0. The van der Waals surface area contributed by atoms with Gasteiger partial charge in [-0.2, -0.15) is 0 Å². The van der Waals surface area contributed by atoms with Crippen LogP contribution in [0.2, 0.25) is 0 Å². The standard InChI is InChI=1S/C15H18FN3O2S/c1-8(14-9(2)19-21-10(14)3)17-15(20)18-11-5-6-13(22-4)12(16)7-11/h5-8H,1-4H3,(H2,17,18,20)/t8-/m0/s1. The van der Waals surface area contributed by atoms with E-state index in [9.17, 15) is 9.18 Å². The maximum absolute atomic E-state index is 13.7. The highest BCUT2D eigenvalue weighted by molar-refractivity contribution is 7.98. The van der Waals surface area contributed by atoms with Crippen LogP contribution in [-0.4, -0.2) is 17.4 Å². The summed E-state index contributed by atoms with van der Waals surface area (Å²) >= 11 is 1.31. The second-order valence-electron chi connectivity index (χ2n) is 4.91. The van der Waals surface area contributed by atoms with Crippen molar-refractivity contribution in [2.45, 2.75) is 31.7 Å². The van der Waals surface area contributed by atoms with Crippen molar-refractivity contribution in [1.82, 2.24) is 10.5 Å². The first kappa shape index (κ1) is 16.4. The van der Waals surface area contributed by atoms with Crippen LogP contribution in [0.3, 0.4) is 0 Å². The van der Waals surface area contributed by atoms with E-state index in [4.69, 9.17) is 4.52 Å². The van der Waals surface area contributed by atoms with E-state index in [2.05, 4.69) is 15.8 Å². The fourth-order valence-corrected chi connectivity index (χ4v) is 2.75. The van der Waals surface area contributed by atoms with Crippen molar-refractivity contribution in [3.8, 4) is 0 Å². The van der Waals surface area contributed by atoms with E-state index in [1.807, 2.05) is 13.8 Å². The average Bonchev–Trinajstić information content (AvgIpc) is 2.78. The summed E-state index contributed by atoms with van der Waals surface area (Å²) in [4.78, 5) is 12.5. The number of aryl methyl sites for hydroxylation is 2. The molecule has 1 atom stereocenters. The molecule has 0 unspecified atom stereocenters. The second-order valence-corrected chi connectivity index (χ2v) is 5.76. The van der Waals surface area contributed by atoms with Crippen molar-refractivity contribution in [1.29, 1.82) is 0 Å². The Kier molecular flexibility index (Phi) is 5.07. The van der Waals surface area contributed by atoms with E-state index >= 15 is 0 Å². The van der Waals surface area contributed by atoms with E-state index in [1.165, 1.54) is 17.8 Å². The summed E-state index contributed by atoms with van der Waals surface area (Å²) in [6.07, 6.45) is 1.80. The van der Waals surface area contributed by atoms with Gasteiger partial charge in [0.2, 0.25) is 0 Å².